The number of nitrogens with one attached hydrogen (secondary N) is 1. The van der Waals surface area contributed by atoms with E-state index in [1.165, 1.54) is 11.1 Å². The molecule has 0 fully saturated rings. The summed E-state index contributed by atoms with van der Waals surface area (Å²) in [5.74, 6) is 0.0638. The number of fused-ring (bicyclic) bond motifs is 1. The van der Waals surface area contributed by atoms with E-state index in [9.17, 15) is 9.59 Å². The van der Waals surface area contributed by atoms with E-state index in [0.29, 0.717) is 6.42 Å². The summed E-state index contributed by atoms with van der Waals surface area (Å²) in [5, 5.41) is 2.82. The van der Waals surface area contributed by atoms with Gasteiger partial charge in [0.1, 0.15) is 0 Å². The lowest BCUT2D eigenvalue weighted by Crippen LogP contribution is -2.41. The zero-order chi connectivity index (χ0) is 13.1. The summed E-state index contributed by atoms with van der Waals surface area (Å²) in [6, 6.07) is 7.78. The van der Waals surface area contributed by atoms with E-state index in [4.69, 9.17) is 0 Å². The lowest BCUT2D eigenvalue weighted by Gasteiger charge is -2.15. The first-order valence-corrected chi connectivity index (χ1v) is 6.51. The molecule has 0 spiro atoms. The van der Waals surface area contributed by atoms with Crippen LogP contribution in [0.4, 0.5) is 0 Å². The summed E-state index contributed by atoms with van der Waals surface area (Å²) >= 11 is 0. The molecule has 2 rings (SSSR count). The molecular formula is C15H19NO2. The lowest BCUT2D eigenvalue weighted by molar-refractivity contribution is -0.129. The Morgan fingerprint density at radius 3 is 2.33 bits per heavy atom. The maximum atomic E-state index is 12.1. The molecule has 1 N–H and O–H groups in total. The Balaban J connectivity index is 1.95. The molecule has 0 aliphatic heterocycles. The number of carbonyl (C=O) groups excluding carboxylic acids is 2. The van der Waals surface area contributed by atoms with E-state index in [1.54, 1.807) is 6.92 Å². The summed E-state index contributed by atoms with van der Waals surface area (Å²) in [6.07, 6.45) is 2.04. The molecule has 1 aromatic rings. The molecule has 1 amide bonds. The van der Waals surface area contributed by atoms with Gasteiger partial charge in [-0.15, -0.1) is 0 Å². The highest BCUT2D eigenvalue weighted by atomic mass is 16.2. The fourth-order valence-electron chi connectivity index (χ4n) is 2.46. The van der Waals surface area contributed by atoms with Gasteiger partial charge in [0.2, 0.25) is 5.91 Å². The highest BCUT2D eigenvalue weighted by molar-refractivity contribution is 5.89. The molecule has 1 unspecified atom stereocenters. The number of ketones is 1. The highest BCUT2D eigenvalue weighted by Crippen LogP contribution is 2.26. The molecule has 1 aliphatic rings. The summed E-state index contributed by atoms with van der Waals surface area (Å²) in [5.41, 5.74) is 2.51. The zero-order valence-electron chi connectivity index (χ0n) is 10.9. The van der Waals surface area contributed by atoms with Crippen LogP contribution < -0.4 is 5.32 Å². The molecular weight excluding hydrogens is 226 g/mol. The van der Waals surface area contributed by atoms with Gasteiger partial charge in [0.25, 0.3) is 0 Å². The van der Waals surface area contributed by atoms with Crippen LogP contribution in [0, 0.1) is 5.92 Å². The Hall–Kier alpha value is -1.64. The minimum atomic E-state index is -0.369. The molecule has 1 atom stereocenters. The van der Waals surface area contributed by atoms with Crippen LogP contribution in [0.15, 0.2) is 24.3 Å². The minimum absolute atomic E-state index is 0.000463. The molecule has 18 heavy (non-hydrogen) atoms. The van der Waals surface area contributed by atoms with Gasteiger partial charge >= 0.3 is 0 Å². The molecule has 0 bridgehead atoms. The Morgan fingerprint density at radius 2 is 1.83 bits per heavy atom. The van der Waals surface area contributed by atoms with Crippen LogP contribution in [0.25, 0.3) is 0 Å². The molecule has 1 aromatic carbocycles. The van der Waals surface area contributed by atoms with E-state index >= 15 is 0 Å². The molecule has 96 valence electrons. The first-order valence-electron chi connectivity index (χ1n) is 6.51. The Labute approximate surface area is 108 Å². The molecule has 1 aliphatic carbocycles. The number of hydrogen-bond acceptors (Lipinski definition) is 2. The average molecular weight is 245 g/mol. The van der Waals surface area contributed by atoms with Crippen LogP contribution in [0.2, 0.25) is 0 Å². The average Bonchev–Trinajstić information content (AvgIpc) is 2.81. The van der Waals surface area contributed by atoms with E-state index in [0.717, 1.165) is 12.8 Å². The van der Waals surface area contributed by atoms with Crippen molar-refractivity contribution in [3.05, 3.63) is 35.4 Å². The van der Waals surface area contributed by atoms with Crippen molar-refractivity contribution in [3.63, 3.8) is 0 Å². The maximum absolute atomic E-state index is 12.1. The third-order valence-electron chi connectivity index (χ3n) is 3.61. The van der Waals surface area contributed by atoms with Crippen LogP contribution in [-0.2, 0) is 22.4 Å². The van der Waals surface area contributed by atoms with Gasteiger partial charge in [0.15, 0.2) is 5.78 Å². The maximum Gasteiger partial charge on any atom is 0.224 e. The topological polar surface area (TPSA) is 46.2 Å². The van der Waals surface area contributed by atoms with Crippen LogP contribution in [0.5, 0.6) is 0 Å². The summed E-state index contributed by atoms with van der Waals surface area (Å²) in [7, 11) is 0. The van der Waals surface area contributed by atoms with Crippen molar-refractivity contribution in [2.45, 2.75) is 39.2 Å². The molecule has 0 aromatic heterocycles. The largest absolute Gasteiger partial charge is 0.346 e. The summed E-state index contributed by atoms with van der Waals surface area (Å²) in [6.45, 7) is 3.57. The molecule has 3 nitrogen and oxygen atoms in total. The fourth-order valence-corrected chi connectivity index (χ4v) is 2.46. The Bertz CT molecular complexity index is 442. The number of benzene rings is 1. The van der Waals surface area contributed by atoms with Crippen molar-refractivity contribution in [2.75, 3.05) is 0 Å². The Kier molecular flexibility index (Phi) is 3.80. The second-order valence-corrected chi connectivity index (χ2v) is 4.92. The molecule has 0 heterocycles. The predicted molar refractivity (Wildman–Crippen MR) is 70.2 cm³/mol. The summed E-state index contributed by atoms with van der Waals surface area (Å²) < 4.78 is 0. The Morgan fingerprint density at radius 1 is 1.28 bits per heavy atom. The van der Waals surface area contributed by atoms with Crippen LogP contribution in [0.1, 0.15) is 31.4 Å². The van der Waals surface area contributed by atoms with Crippen molar-refractivity contribution in [1.82, 2.24) is 5.32 Å². The third-order valence-corrected chi connectivity index (χ3v) is 3.61. The van der Waals surface area contributed by atoms with Gasteiger partial charge in [-0.25, -0.2) is 0 Å². The highest BCUT2D eigenvalue weighted by Gasteiger charge is 2.28. The molecule has 0 radical (unpaired) electrons. The molecule has 0 saturated carbocycles. The second kappa shape index (κ2) is 5.34. The lowest BCUT2D eigenvalue weighted by atomic mass is 10.0. The normalized spacial score (nSPS) is 16.1. The SMILES string of the molecule is CCC(=O)C(C)NC(=O)C1Cc2ccccc2C1. The molecule has 0 saturated heterocycles. The standard InChI is InChI=1S/C15H19NO2/c1-3-14(17)10(2)16-15(18)13-8-11-6-4-5-7-12(11)9-13/h4-7,10,13H,3,8-9H2,1-2H3,(H,16,18). The zero-order valence-corrected chi connectivity index (χ0v) is 10.9. The molecule has 3 heteroatoms. The van der Waals surface area contributed by atoms with Gasteiger partial charge in [-0.05, 0) is 30.9 Å². The van der Waals surface area contributed by atoms with E-state index in [1.807, 2.05) is 19.1 Å². The quantitative estimate of drug-likeness (QED) is 0.880. The van der Waals surface area contributed by atoms with E-state index < -0.39 is 0 Å². The minimum Gasteiger partial charge on any atom is -0.346 e. The van der Waals surface area contributed by atoms with Crippen LogP contribution in [-0.4, -0.2) is 17.7 Å². The van der Waals surface area contributed by atoms with Crippen molar-refractivity contribution in [3.8, 4) is 0 Å². The first kappa shape index (κ1) is 12.8. The van der Waals surface area contributed by atoms with Crippen molar-refractivity contribution >= 4 is 11.7 Å². The first-order chi connectivity index (χ1) is 8.61. The van der Waals surface area contributed by atoms with Crippen molar-refractivity contribution in [1.29, 1.82) is 0 Å². The van der Waals surface area contributed by atoms with Gasteiger partial charge in [0.05, 0.1) is 6.04 Å². The van der Waals surface area contributed by atoms with Gasteiger partial charge in [-0.1, -0.05) is 31.2 Å². The van der Waals surface area contributed by atoms with Gasteiger partial charge in [0, 0.05) is 12.3 Å². The van der Waals surface area contributed by atoms with Gasteiger partial charge in [-0.3, -0.25) is 9.59 Å². The van der Waals surface area contributed by atoms with E-state index in [2.05, 4.69) is 17.4 Å². The van der Waals surface area contributed by atoms with Crippen molar-refractivity contribution in [2.24, 2.45) is 5.92 Å². The third kappa shape index (κ3) is 2.61. The smallest absolute Gasteiger partial charge is 0.224 e. The number of rotatable bonds is 4. The number of hydrogen-bond donors (Lipinski definition) is 1. The van der Waals surface area contributed by atoms with Gasteiger partial charge in [-0.2, -0.15) is 0 Å². The van der Waals surface area contributed by atoms with E-state index in [-0.39, 0.29) is 23.7 Å². The monoisotopic (exact) mass is 245 g/mol. The number of Topliss-reactive ketones (excluding diaryl/α,β-unsaturated/α-hetero) is 1. The van der Waals surface area contributed by atoms with Crippen LogP contribution in [0.3, 0.4) is 0 Å². The number of amides is 1. The summed E-state index contributed by atoms with van der Waals surface area (Å²) in [4.78, 5) is 23.5. The second-order valence-electron chi connectivity index (χ2n) is 4.92. The van der Waals surface area contributed by atoms with Gasteiger partial charge < -0.3 is 5.32 Å². The number of carbonyl (C=O) groups is 2. The predicted octanol–water partition coefficient (Wildman–Crippen LogP) is 1.89. The fraction of sp³-hybridized carbons (Fsp3) is 0.467. The van der Waals surface area contributed by atoms with Crippen LogP contribution >= 0.6 is 0 Å². The van der Waals surface area contributed by atoms with Crippen molar-refractivity contribution < 1.29 is 9.59 Å².